The molecule has 0 N–H and O–H groups in total. The van der Waals surface area contributed by atoms with Crippen LogP contribution in [0.2, 0.25) is 0 Å². The Hall–Kier alpha value is -0.391. The number of hydrogen-bond acceptors (Lipinski definition) is 0. The molecule has 0 bridgehead atoms. The first-order valence-electron chi connectivity index (χ1n) is 5.70. The van der Waals surface area contributed by atoms with Crippen LogP contribution >= 0.6 is 0 Å². The van der Waals surface area contributed by atoms with Crippen LogP contribution < -0.4 is 0 Å². The molecule has 2 heteroatoms. The van der Waals surface area contributed by atoms with E-state index in [1.807, 2.05) is 0 Å². The van der Waals surface area contributed by atoms with E-state index in [2.05, 4.69) is 58.1 Å². The van der Waals surface area contributed by atoms with Crippen molar-refractivity contribution in [3.63, 3.8) is 0 Å². The molecule has 0 unspecified atom stereocenters. The molecule has 0 amide bonds. The van der Waals surface area contributed by atoms with Gasteiger partial charge in [0.05, 0.1) is 0 Å². The summed E-state index contributed by atoms with van der Waals surface area (Å²) in [5, 5.41) is 0. The van der Waals surface area contributed by atoms with Crippen molar-refractivity contribution in [1.82, 2.24) is 0 Å². The minimum atomic E-state index is 0.579. The van der Waals surface area contributed by atoms with Gasteiger partial charge >= 0.3 is 117 Å². The predicted molar refractivity (Wildman–Crippen MR) is 79.6 cm³/mol. The molecule has 89 valence electrons. The van der Waals surface area contributed by atoms with E-state index < -0.39 is 0 Å². The Morgan fingerprint density at radius 3 is 2.06 bits per heavy atom. The maximum atomic E-state index is 2.33. The van der Waals surface area contributed by atoms with Gasteiger partial charge in [-0.15, -0.1) is 0 Å². The van der Waals surface area contributed by atoms with Gasteiger partial charge in [-0.25, -0.2) is 0 Å². The van der Waals surface area contributed by atoms with Crippen LogP contribution in [-0.4, -0.2) is 33.9 Å². The van der Waals surface area contributed by atoms with Gasteiger partial charge in [0.15, 0.2) is 0 Å². The zero-order chi connectivity index (χ0) is 12.4. The molecular formula is C15H17Se2. The van der Waals surface area contributed by atoms with Crippen molar-refractivity contribution >= 4 is 33.9 Å². The van der Waals surface area contributed by atoms with Gasteiger partial charge in [-0.2, -0.15) is 0 Å². The fourth-order valence-electron chi connectivity index (χ4n) is 2.01. The first kappa shape index (κ1) is 13.1. The van der Waals surface area contributed by atoms with Crippen LogP contribution in [0.15, 0.2) is 54.9 Å². The molecule has 0 aromatic carbocycles. The Morgan fingerprint density at radius 1 is 0.824 bits per heavy atom. The van der Waals surface area contributed by atoms with Crippen LogP contribution in [0.4, 0.5) is 0 Å². The summed E-state index contributed by atoms with van der Waals surface area (Å²) in [6, 6.07) is 0. The molecule has 2 aliphatic heterocycles. The van der Waals surface area contributed by atoms with Crippen LogP contribution in [0.3, 0.4) is 0 Å². The number of rotatable bonds is 1. The quantitative estimate of drug-likeness (QED) is 0.634. The van der Waals surface area contributed by atoms with E-state index in [9.17, 15) is 0 Å². The van der Waals surface area contributed by atoms with Crippen molar-refractivity contribution in [3.05, 3.63) is 54.9 Å². The standard InChI is InChI=1S/C15H17Se2/c1-10-5-14(6-11(2)16-10)9-15-7-12(3)17-13(4)8-15/h5-9H,1-4H3. The average molecular weight is 355 g/mol. The van der Waals surface area contributed by atoms with E-state index in [0.29, 0.717) is 29.5 Å². The zero-order valence-corrected chi connectivity index (χ0v) is 14.1. The van der Waals surface area contributed by atoms with Crippen molar-refractivity contribution in [2.75, 3.05) is 0 Å². The second-order valence-corrected chi connectivity index (χ2v) is 10.6. The van der Waals surface area contributed by atoms with E-state index in [4.69, 9.17) is 0 Å². The first-order valence-corrected chi connectivity index (χ1v) is 9.13. The summed E-state index contributed by atoms with van der Waals surface area (Å²) in [6.45, 7) is 8.95. The van der Waals surface area contributed by atoms with Crippen molar-refractivity contribution < 1.29 is 0 Å². The molecule has 2 rings (SSSR count). The number of allylic oxidation sites excluding steroid dienone is 10. The molecule has 0 atom stereocenters. The summed E-state index contributed by atoms with van der Waals surface area (Å²) >= 11 is 1.16. The van der Waals surface area contributed by atoms with Gasteiger partial charge < -0.3 is 0 Å². The molecule has 1 radical (unpaired) electrons. The number of hydrogen-bond donors (Lipinski definition) is 0. The maximum absolute atomic E-state index is 2.33. The summed E-state index contributed by atoms with van der Waals surface area (Å²) in [5.74, 6) is 0. The van der Waals surface area contributed by atoms with Crippen molar-refractivity contribution in [2.24, 2.45) is 0 Å². The molecule has 0 fully saturated rings. The third-order valence-electron chi connectivity index (χ3n) is 2.46. The third kappa shape index (κ3) is 3.79. The van der Waals surface area contributed by atoms with Crippen LogP contribution in [0, 0.1) is 0 Å². The molecule has 0 nitrogen and oxygen atoms in total. The van der Waals surface area contributed by atoms with Crippen molar-refractivity contribution in [2.45, 2.75) is 27.7 Å². The minimum absolute atomic E-state index is 0.579. The molecule has 0 saturated heterocycles. The van der Waals surface area contributed by atoms with Crippen LogP contribution in [-0.2, 0) is 0 Å². The Kier molecular flexibility index (Phi) is 4.22. The van der Waals surface area contributed by atoms with E-state index in [0.717, 1.165) is 0 Å². The fourth-order valence-corrected chi connectivity index (χ4v) is 5.77. The molecule has 2 heterocycles. The Morgan fingerprint density at radius 2 is 1.47 bits per heavy atom. The van der Waals surface area contributed by atoms with Gasteiger partial charge in [0, 0.05) is 0 Å². The molecule has 0 spiro atoms. The average Bonchev–Trinajstić information content (AvgIpc) is 2.13. The van der Waals surface area contributed by atoms with Crippen molar-refractivity contribution in [1.29, 1.82) is 0 Å². The third-order valence-corrected chi connectivity index (χ3v) is 6.15. The van der Waals surface area contributed by atoms with Gasteiger partial charge in [-0.3, -0.25) is 0 Å². The first-order chi connectivity index (χ1) is 8.02. The topological polar surface area (TPSA) is 0 Å². The SMILES string of the molecule is CC1=CC(=CC2=CC(C)=[Se]C(C)=C2)C=C(C)[Se]1. The summed E-state index contributed by atoms with van der Waals surface area (Å²) in [5.41, 5.74) is 2.70. The van der Waals surface area contributed by atoms with Crippen LogP contribution in [0.5, 0.6) is 0 Å². The second-order valence-electron chi connectivity index (χ2n) is 4.37. The summed E-state index contributed by atoms with van der Waals surface area (Å²) < 4.78 is 6.08. The van der Waals surface area contributed by atoms with E-state index >= 15 is 0 Å². The molecule has 0 aromatic rings. The van der Waals surface area contributed by atoms with Gasteiger partial charge in [-0.05, 0) is 0 Å². The monoisotopic (exact) mass is 357 g/mol. The Balaban J connectivity index is 2.33. The molecule has 0 aromatic heterocycles. The van der Waals surface area contributed by atoms with Gasteiger partial charge in [0.2, 0.25) is 0 Å². The Labute approximate surface area is 116 Å². The van der Waals surface area contributed by atoms with E-state index in [-0.39, 0.29) is 0 Å². The van der Waals surface area contributed by atoms with E-state index in [1.165, 1.54) is 29.0 Å². The van der Waals surface area contributed by atoms with Crippen LogP contribution in [0.1, 0.15) is 27.7 Å². The molecule has 2 aliphatic rings. The fraction of sp³-hybridized carbons (Fsp3) is 0.267. The summed E-state index contributed by atoms with van der Waals surface area (Å²) in [4.78, 5) is 0. The van der Waals surface area contributed by atoms with Gasteiger partial charge in [-0.1, -0.05) is 0 Å². The van der Waals surface area contributed by atoms with Gasteiger partial charge in [0.25, 0.3) is 0 Å². The normalized spacial score (nSPS) is 20.0. The Bertz CT molecular complexity index is 500. The van der Waals surface area contributed by atoms with E-state index in [1.54, 1.807) is 0 Å². The van der Waals surface area contributed by atoms with Crippen LogP contribution in [0.25, 0.3) is 0 Å². The molecule has 0 saturated carbocycles. The zero-order valence-electron chi connectivity index (χ0n) is 10.7. The molecule has 0 aliphatic carbocycles. The molecule has 17 heavy (non-hydrogen) atoms. The second kappa shape index (κ2) is 5.50. The van der Waals surface area contributed by atoms with Crippen molar-refractivity contribution in [3.8, 4) is 0 Å². The van der Waals surface area contributed by atoms with Gasteiger partial charge in [0.1, 0.15) is 0 Å². The summed E-state index contributed by atoms with van der Waals surface area (Å²) in [7, 11) is 0. The summed E-state index contributed by atoms with van der Waals surface area (Å²) in [6.07, 6.45) is 11.6. The predicted octanol–water partition coefficient (Wildman–Crippen LogP) is 3.18. The molecular weight excluding hydrogens is 338 g/mol.